The molecule has 1 aromatic carbocycles. The van der Waals surface area contributed by atoms with E-state index in [1.165, 1.54) is 19.3 Å². The van der Waals surface area contributed by atoms with Gasteiger partial charge < -0.3 is 9.42 Å². The van der Waals surface area contributed by atoms with Gasteiger partial charge in [-0.2, -0.15) is 0 Å². The fraction of sp³-hybridized carbons (Fsp3) is 0.444. The van der Waals surface area contributed by atoms with Crippen LogP contribution in [0.4, 0.5) is 0 Å². The molecule has 1 saturated carbocycles. The second-order valence-electron chi connectivity index (χ2n) is 6.04. The Morgan fingerprint density at radius 1 is 1.18 bits per heavy atom. The normalized spacial score (nSPS) is 15.7. The highest BCUT2D eigenvalue weighted by atomic mass is 16.5. The minimum Gasteiger partial charge on any atom is -0.360 e. The molecule has 4 heteroatoms. The van der Waals surface area contributed by atoms with Crippen molar-refractivity contribution >= 4 is 5.91 Å². The van der Waals surface area contributed by atoms with Crippen LogP contribution in [0.1, 0.15) is 48.2 Å². The molecule has 1 amide bonds. The molecule has 116 valence electrons. The summed E-state index contributed by atoms with van der Waals surface area (Å²) in [7, 11) is 1.90. The Kier molecular flexibility index (Phi) is 4.27. The summed E-state index contributed by atoms with van der Waals surface area (Å²) in [6, 6.07) is 10.1. The van der Waals surface area contributed by atoms with Crippen molar-refractivity contribution in [3.05, 3.63) is 41.7 Å². The van der Waals surface area contributed by atoms with Gasteiger partial charge >= 0.3 is 0 Å². The van der Waals surface area contributed by atoms with Crippen LogP contribution in [-0.2, 0) is 0 Å². The van der Waals surface area contributed by atoms with Crippen LogP contribution in [0.3, 0.4) is 0 Å². The number of benzene rings is 1. The summed E-state index contributed by atoms with van der Waals surface area (Å²) >= 11 is 0. The first-order valence-corrected chi connectivity index (χ1v) is 7.97. The molecule has 0 radical (unpaired) electrons. The smallest absolute Gasteiger partial charge is 0.259 e. The highest BCUT2D eigenvalue weighted by molar-refractivity contribution is 6.00. The van der Waals surface area contributed by atoms with Gasteiger partial charge in [-0.05, 0) is 19.8 Å². The number of carbonyl (C=O) groups is 1. The van der Waals surface area contributed by atoms with Crippen LogP contribution >= 0.6 is 0 Å². The number of amides is 1. The van der Waals surface area contributed by atoms with Crippen molar-refractivity contribution in [1.82, 2.24) is 10.1 Å². The maximum atomic E-state index is 12.9. The molecule has 0 atom stereocenters. The van der Waals surface area contributed by atoms with Gasteiger partial charge in [0.05, 0.1) is 0 Å². The van der Waals surface area contributed by atoms with Crippen LogP contribution in [-0.4, -0.2) is 29.1 Å². The molecule has 0 N–H and O–H groups in total. The fourth-order valence-electron chi connectivity index (χ4n) is 3.23. The zero-order chi connectivity index (χ0) is 15.5. The first-order chi connectivity index (χ1) is 10.7. The van der Waals surface area contributed by atoms with E-state index < -0.39 is 0 Å². The third-order valence-corrected chi connectivity index (χ3v) is 4.57. The van der Waals surface area contributed by atoms with E-state index in [2.05, 4.69) is 5.16 Å². The van der Waals surface area contributed by atoms with Gasteiger partial charge in [-0.3, -0.25) is 4.79 Å². The van der Waals surface area contributed by atoms with E-state index in [9.17, 15) is 4.79 Å². The van der Waals surface area contributed by atoms with Crippen molar-refractivity contribution in [3.63, 3.8) is 0 Å². The molecule has 2 aromatic rings. The lowest BCUT2D eigenvalue weighted by Gasteiger charge is -2.31. The first-order valence-electron chi connectivity index (χ1n) is 7.97. The van der Waals surface area contributed by atoms with Gasteiger partial charge in [0.1, 0.15) is 17.0 Å². The Labute approximate surface area is 131 Å². The number of rotatable bonds is 3. The summed E-state index contributed by atoms with van der Waals surface area (Å²) in [5.74, 6) is 0.607. The maximum absolute atomic E-state index is 12.9. The third-order valence-electron chi connectivity index (χ3n) is 4.57. The van der Waals surface area contributed by atoms with Gasteiger partial charge in [0.15, 0.2) is 0 Å². The summed E-state index contributed by atoms with van der Waals surface area (Å²) in [6.07, 6.45) is 5.87. The molecular formula is C18H22N2O2. The fourth-order valence-corrected chi connectivity index (χ4v) is 3.23. The summed E-state index contributed by atoms with van der Waals surface area (Å²) in [4.78, 5) is 14.8. The number of aryl methyl sites for hydroxylation is 1. The van der Waals surface area contributed by atoms with Crippen LogP contribution < -0.4 is 0 Å². The average molecular weight is 298 g/mol. The Bertz CT molecular complexity index is 642. The highest BCUT2D eigenvalue weighted by Crippen LogP contribution is 2.28. The zero-order valence-electron chi connectivity index (χ0n) is 13.2. The molecule has 0 spiro atoms. The van der Waals surface area contributed by atoms with E-state index in [4.69, 9.17) is 4.52 Å². The number of hydrogen-bond acceptors (Lipinski definition) is 3. The Morgan fingerprint density at radius 3 is 2.55 bits per heavy atom. The molecule has 1 heterocycles. The van der Waals surface area contributed by atoms with Gasteiger partial charge in [0.2, 0.25) is 0 Å². The number of aromatic nitrogens is 1. The molecule has 1 fully saturated rings. The van der Waals surface area contributed by atoms with E-state index in [1.807, 2.05) is 42.3 Å². The zero-order valence-corrected chi connectivity index (χ0v) is 13.2. The van der Waals surface area contributed by atoms with E-state index >= 15 is 0 Å². The second kappa shape index (κ2) is 6.34. The van der Waals surface area contributed by atoms with Crippen LogP contribution in [0.15, 0.2) is 34.9 Å². The standard InChI is InChI=1S/C18H22N2O2/c1-13-16(17(19-22-13)14-9-5-3-6-10-14)18(21)20(2)15-11-7-4-8-12-15/h3,5-6,9-10,15H,4,7-8,11-12H2,1-2H3. The lowest BCUT2D eigenvalue weighted by atomic mass is 9.94. The first kappa shape index (κ1) is 14.8. The minimum atomic E-state index is 0.0181. The average Bonchev–Trinajstić information content (AvgIpc) is 2.96. The van der Waals surface area contributed by atoms with Crippen LogP contribution in [0.5, 0.6) is 0 Å². The molecular weight excluding hydrogens is 276 g/mol. The molecule has 22 heavy (non-hydrogen) atoms. The molecule has 0 bridgehead atoms. The number of nitrogens with zero attached hydrogens (tertiary/aromatic N) is 2. The lowest BCUT2D eigenvalue weighted by molar-refractivity contribution is 0.0695. The number of hydrogen-bond donors (Lipinski definition) is 0. The molecule has 0 saturated heterocycles. The largest absolute Gasteiger partial charge is 0.360 e. The van der Waals surface area contributed by atoms with Crippen LogP contribution in [0.25, 0.3) is 11.3 Å². The van der Waals surface area contributed by atoms with Crippen molar-refractivity contribution < 1.29 is 9.32 Å². The van der Waals surface area contributed by atoms with E-state index in [0.717, 1.165) is 18.4 Å². The molecule has 1 aliphatic rings. The summed E-state index contributed by atoms with van der Waals surface area (Å²) in [5, 5.41) is 4.11. The van der Waals surface area contributed by atoms with Crippen molar-refractivity contribution in [2.45, 2.75) is 45.1 Å². The highest BCUT2D eigenvalue weighted by Gasteiger charge is 2.28. The molecule has 3 rings (SSSR count). The Morgan fingerprint density at radius 2 is 1.86 bits per heavy atom. The number of carbonyl (C=O) groups excluding carboxylic acids is 1. The predicted octanol–water partition coefficient (Wildman–Crippen LogP) is 4.05. The summed E-state index contributed by atoms with van der Waals surface area (Å²) < 4.78 is 5.31. The molecule has 0 unspecified atom stereocenters. The SMILES string of the molecule is Cc1onc(-c2ccccc2)c1C(=O)N(C)C1CCCCC1. The molecule has 1 aliphatic carbocycles. The molecule has 0 aliphatic heterocycles. The minimum absolute atomic E-state index is 0.0181. The third kappa shape index (κ3) is 2.78. The van der Waals surface area contributed by atoms with Gasteiger partial charge in [-0.25, -0.2) is 0 Å². The van der Waals surface area contributed by atoms with Crippen molar-refractivity contribution in [2.24, 2.45) is 0 Å². The van der Waals surface area contributed by atoms with Gasteiger partial charge in [0, 0.05) is 18.7 Å². The van der Waals surface area contributed by atoms with Crippen LogP contribution in [0.2, 0.25) is 0 Å². The van der Waals surface area contributed by atoms with Crippen molar-refractivity contribution in [1.29, 1.82) is 0 Å². The predicted molar refractivity (Wildman–Crippen MR) is 85.6 cm³/mol. The lowest BCUT2D eigenvalue weighted by Crippen LogP contribution is -2.38. The Balaban J connectivity index is 1.91. The second-order valence-corrected chi connectivity index (χ2v) is 6.04. The van der Waals surface area contributed by atoms with E-state index in [0.29, 0.717) is 23.1 Å². The monoisotopic (exact) mass is 298 g/mol. The van der Waals surface area contributed by atoms with Crippen LogP contribution in [0, 0.1) is 6.92 Å². The van der Waals surface area contributed by atoms with Crippen molar-refractivity contribution in [2.75, 3.05) is 7.05 Å². The quantitative estimate of drug-likeness (QED) is 0.858. The maximum Gasteiger partial charge on any atom is 0.259 e. The summed E-state index contributed by atoms with van der Waals surface area (Å²) in [5.41, 5.74) is 2.16. The van der Waals surface area contributed by atoms with Gasteiger partial charge in [-0.15, -0.1) is 0 Å². The van der Waals surface area contributed by atoms with Gasteiger partial charge in [-0.1, -0.05) is 54.8 Å². The van der Waals surface area contributed by atoms with Crippen molar-refractivity contribution in [3.8, 4) is 11.3 Å². The summed E-state index contributed by atoms with van der Waals surface area (Å²) in [6.45, 7) is 1.81. The Hall–Kier alpha value is -2.10. The molecule has 1 aromatic heterocycles. The molecule has 4 nitrogen and oxygen atoms in total. The van der Waals surface area contributed by atoms with E-state index in [-0.39, 0.29) is 5.91 Å². The topological polar surface area (TPSA) is 46.3 Å². The van der Waals surface area contributed by atoms with Gasteiger partial charge in [0.25, 0.3) is 5.91 Å². The van der Waals surface area contributed by atoms with E-state index in [1.54, 1.807) is 6.92 Å².